The number of rotatable bonds is 5. The van der Waals surface area contributed by atoms with E-state index in [0.29, 0.717) is 12.5 Å². The van der Waals surface area contributed by atoms with Gasteiger partial charge in [0.2, 0.25) is 0 Å². The van der Waals surface area contributed by atoms with Crippen LogP contribution < -0.4 is 0 Å². The molecule has 0 atom stereocenters. The predicted octanol–water partition coefficient (Wildman–Crippen LogP) is 2.65. The van der Waals surface area contributed by atoms with Crippen molar-refractivity contribution in [2.24, 2.45) is 5.92 Å². The molecule has 0 aliphatic rings. The second-order valence-corrected chi connectivity index (χ2v) is 5.13. The van der Waals surface area contributed by atoms with Crippen LogP contribution in [0.3, 0.4) is 0 Å². The molecular formula is C13H18O2S. The summed E-state index contributed by atoms with van der Waals surface area (Å²) in [5.74, 6) is 6.21. The van der Waals surface area contributed by atoms with Gasteiger partial charge in [-0.05, 0) is 24.5 Å². The monoisotopic (exact) mass is 238 g/mol. The summed E-state index contributed by atoms with van der Waals surface area (Å²) in [7, 11) is 0. The van der Waals surface area contributed by atoms with Gasteiger partial charge in [0.25, 0.3) is 0 Å². The first-order chi connectivity index (χ1) is 7.72. The average Bonchev–Trinajstić information content (AvgIpc) is 2.69. The van der Waals surface area contributed by atoms with Crippen molar-refractivity contribution in [3.63, 3.8) is 0 Å². The van der Waals surface area contributed by atoms with Gasteiger partial charge in [0.05, 0.1) is 11.5 Å². The van der Waals surface area contributed by atoms with Crippen molar-refractivity contribution < 1.29 is 9.84 Å². The Labute approximate surface area is 101 Å². The van der Waals surface area contributed by atoms with E-state index in [-0.39, 0.29) is 6.61 Å². The molecule has 16 heavy (non-hydrogen) atoms. The molecule has 0 radical (unpaired) electrons. The minimum absolute atomic E-state index is 0.0852. The fourth-order valence-electron chi connectivity index (χ4n) is 1.14. The van der Waals surface area contributed by atoms with Crippen LogP contribution in [-0.2, 0) is 11.3 Å². The molecule has 1 aromatic heterocycles. The Kier molecular flexibility index (Phi) is 6.17. The van der Waals surface area contributed by atoms with Crippen molar-refractivity contribution in [2.75, 3.05) is 13.2 Å². The molecule has 0 saturated heterocycles. The SMILES string of the molecule is CC(C)CCOCc1ccc(C#CCO)s1. The molecule has 1 rings (SSSR count). The highest BCUT2D eigenvalue weighted by Crippen LogP contribution is 2.16. The van der Waals surface area contributed by atoms with Gasteiger partial charge in [0, 0.05) is 11.5 Å². The van der Waals surface area contributed by atoms with E-state index in [2.05, 4.69) is 25.7 Å². The van der Waals surface area contributed by atoms with E-state index in [9.17, 15) is 0 Å². The van der Waals surface area contributed by atoms with Crippen molar-refractivity contribution >= 4 is 11.3 Å². The van der Waals surface area contributed by atoms with E-state index in [1.807, 2.05) is 12.1 Å². The Morgan fingerprint density at radius 3 is 2.94 bits per heavy atom. The maximum atomic E-state index is 8.57. The van der Waals surface area contributed by atoms with Crippen molar-refractivity contribution in [3.05, 3.63) is 21.9 Å². The van der Waals surface area contributed by atoms with Crippen molar-refractivity contribution in [1.82, 2.24) is 0 Å². The third-order valence-electron chi connectivity index (χ3n) is 2.04. The quantitative estimate of drug-likeness (QED) is 0.631. The van der Waals surface area contributed by atoms with E-state index in [0.717, 1.165) is 17.9 Å². The lowest BCUT2D eigenvalue weighted by atomic mass is 10.1. The molecule has 0 aliphatic carbocycles. The summed E-state index contributed by atoms with van der Waals surface area (Å²) in [4.78, 5) is 2.17. The maximum absolute atomic E-state index is 8.57. The fourth-order valence-corrected chi connectivity index (χ4v) is 1.96. The molecular weight excluding hydrogens is 220 g/mol. The molecule has 0 spiro atoms. The summed E-state index contributed by atoms with van der Waals surface area (Å²) in [5.41, 5.74) is 0. The Morgan fingerprint density at radius 1 is 1.44 bits per heavy atom. The van der Waals surface area contributed by atoms with Crippen LogP contribution in [0.25, 0.3) is 0 Å². The maximum Gasteiger partial charge on any atom is 0.104 e. The first kappa shape index (κ1) is 13.2. The Morgan fingerprint density at radius 2 is 2.25 bits per heavy atom. The molecule has 1 N–H and O–H groups in total. The minimum Gasteiger partial charge on any atom is -0.384 e. The smallest absolute Gasteiger partial charge is 0.104 e. The van der Waals surface area contributed by atoms with Gasteiger partial charge in [-0.3, -0.25) is 0 Å². The Bertz CT molecular complexity index is 357. The summed E-state index contributed by atoms with van der Waals surface area (Å²) in [6, 6.07) is 4.00. The highest BCUT2D eigenvalue weighted by atomic mass is 32.1. The number of aliphatic hydroxyl groups is 1. The van der Waals surface area contributed by atoms with Gasteiger partial charge >= 0.3 is 0 Å². The lowest BCUT2D eigenvalue weighted by Crippen LogP contribution is -1.98. The molecule has 1 aromatic rings. The second kappa shape index (κ2) is 7.45. The highest BCUT2D eigenvalue weighted by Gasteiger charge is 1.99. The topological polar surface area (TPSA) is 29.5 Å². The van der Waals surface area contributed by atoms with Gasteiger partial charge in [-0.1, -0.05) is 25.7 Å². The molecule has 88 valence electrons. The Hall–Kier alpha value is -0.820. The van der Waals surface area contributed by atoms with E-state index >= 15 is 0 Å². The second-order valence-electron chi connectivity index (χ2n) is 3.96. The van der Waals surface area contributed by atoms with Gasteiger partial charge in [-0.25, -0.2) is 0 Å². The third kappa shape index (κ3) is 5.32. The first-order valence-corrected chi connectivity index (χ1v) is 6.30. The molecule has 0 saturated carbocycles. The lowest BCUT2D eigenvalue weighted by Gasteiger charge is -2.04. The van der Waals surface area contributed by atoms with Gasteiger partial charge in [-0.2, -0.15) is 0 Å². The van der Waals surface area contributed by atoms with Crippen LogP contribution in [0.15, 0.2) is 12.1 Å². The van der Waals surface area contributed by atoms with Crippen LogP contribution in [0.2, 0.25) is 0 Å². The summed E-state index contributed by atoms with van der Waals surface area (Å²) < 4.78 is 5.56. The lowest BCUT2D eigenvalue weighted by molar-refractivity contribution is 0.112. The number of thiophene rings is 1. The standard InChI is InChI=1S/C13H18O2S/c1-11(2)7-9-15-10-13-6-5-12(16-13)4-3-8-14/h5-6,11,14H,7-10H2,1-2H3. The zero-order chi connectivity index (χ0) is 11.8. The predicted molar refractivity (Wildman–Crippen MR) is 67.4 cm³/mol. The van der Waals surface area contributed by atoms with Gasteiger partial charge in [-0.15, -0.1) is 11.3 Å². The molecule has 1 heterocycles. The zero-order valence-corrected chi connectivity index (χ0v) is 10.6. The van der Waals surface area contributed by atoms with Crippen LogP contribution in [0.5, 0.6) is 0 Å². The van der Waals surface area contributed by atoms with Crippen LogP contribution in [0.4, 0.5) is 0 Å². The van der Waals surface area contributed by atoms with E-state index in [1.54, 1.807) is 11.3 Å². The number of aliphatic hydroxyl groups excluding tert-OH is 1. The largest absolute Gasteiger partial charge is 0.384 e. The van der Waals surface area contributed by atoms with Crippen LogP contribution in [-0.4, -0.2) is 18.3 Å². The molecule has 3 heteroatoms. The molecule has 2 nitrogen and oxygen atoms in total. The normalized spacial score (nSPS) is 10.2. The van der Waals surface area contributed by atoms with Gasteiger partial charge in [0.15, 0.2) is 0 Å². The summed E-state index contributed by atoms with van der Waals surface area (Å²) >= 11 is 1.62. The highest BCUT2D eigenvalue weighted by molar-refractivity contribution is 7.12. The molecule has 0 aliphatic heterocycles. The number of hydrogen-bond donors (Lipinski definition) is 1. The molecule has 0 bridgehead atoms. The average molecular weight is 238 g/mol. The summed E-state index contributed by atoms with van der Waals surface area (Å²) in [6.45, 7) is 5.78. The van der Waals surface area contributed by atoms with Gasteiger partial charge < -0.3 is 9.84 Å². The molecule has 0 amide bonds. The molecule has 0 aromatic carbocycles. The third-order valence-corrected chi connectivity index (χ3v) is 3.01. The fraction of sp³-hybridized carbons (Fsp3) is 0.538. The number of ether oxygens (including phenoxy) is 1. The van der Waals surface area contributed by atoms with Crippen molar-refractivity contribution in [1.29, 1.82) is 0 Å². The van der Waals surface area contributed by atoms with Crippen LogP contribution in [0, 0.1) is 17.8 Å². The van der Waals surface area contributed by atoms with Crippen molar-refractivity contribution in [3.8, 4) is 11.8 Å². The molecule has 0 unspecified atom stereocenters. The van der Waals surface area contributed by atoms with E-state index < -0.39 is 0 Å². The molecule has 0 fully saturated rings. The van der Waals surface area contributed by atoms with E-state index in [4.69, 9.17) is 9.84 Å². The van der Waals surface area contributed by atoms with Crippen molar-refractivity contribution in [2.45, 2.75) is 26.9 Å². The van der Waals surface area contributed by atoms with E-state index in [1.165, 1.54) is 4.88 Å². The summed E-state index contributed by atoms with van der Waals surface area (Å²) in [6.07, 6.45) is 1.10. The minimum atomic E-state index is -0.0852. The van der Waals surface area contributed by atoms with Gasteiger partial charge in [0.1, 0.15) is 6.61 Å². The van der Waals surface area contributed by atoms with Crippen LogP contribution >= 0.6 is 11.3 Å². The summed E-state index contributed by atoms with van der Waals surface area (Å²) in [5, 5.41) is 8.57. The zero-order valence-electron chi connectivity index (χ0n) is 9.82. The number of hydrogen-bond acceptors (Lipinski definition) is 3. The first-order valence-electron chi connectivity index (χ1n) is 5.48. The Balaban J connectivity index is 2.29. The van der Waals surface area contributed by atoms with Crippen LogP contribution in [0.1, 0.15) is 30.0 Å².